The van der Waals surface area contributed by atoms with Gasteiger partial charge in [0.05, 0.1) is 37.2 Å². The zero-order chi connectivity index (χ0) is 51.1. The van der Waals surface area contributed by atoms with Crippen molar-refractivity contribution in [2.24, 2.45) is 0 Å². The molecule has 22 heteroatoms. The molecule has 2 saturated heterocycles. The maximum Gasteiger partial charge on any atom is 0.323 e. The van der Waals surface area contributed by atoms with Crippen LogP contribution in [-0.2, 0) is 19.1 Å². The summed E-state index contributed by atoms with van der Waals surface area (Å²) in [5.74, 6) is 1.52. The third kappa shape index (κ3) is 15.1. The Balaban J connectivity index is 0.000000219. The first-order chi connectivity index (χ1) is 35.5. The smallest absolute Gasteiger partial charge is 0.323 e. The van der Waals surface area contributed by atoms with E-state index in [-0.39, 0.29) is 37.8 Å². The number of H-pyrrole nitrogens is 2. The molecule has 2 aliphatic heterocycles. The number of benzene rings is 4. The lowest BCUT2D eigenvalue weighted by molar-refractivity contribution is -0.112. The molecule has 0 aliphatic carbocycles. The second kappa shape index (κ2) is 26.8. The number of nitrogens with zero attached hydrogens (tertiary/aromatic N) is 6. The molecule has 6 heterocycles. The van der Waals surface area contributed by atoms with Gasteiger partial charge in [0.25, 0.3) is 0 Å². The van der Waals surface area contributed by atoms with E-state index in [0.29, 0.717) is 60.6 Å². The highest BCUT2D eigenvalue weighted by molar-refractivity contribution is 6.66. The summed E-state index contributed by atoms with van der Waals surface area (Å²) in [6, 6.07) is 32.3. The van der Waals surface area contributed by atoms with Crippen LogP contribution in [0.25, 0.3) is 44.6 Å². The number of hydrogen-bond acceptors (Lipinski definition) is 13. The van der Waals surface area contributed by atoms with Crippen LogP contribution >= 0.6 is 24.0 Å². The predicted molar refractivity (Wildman–Crippen MR) is 301 cm³/mol. The van der Waals surface area contributed by atoms with Crippen LogP contribution in [-0.4, -0.2) is 106 Å². The number of aromatic amines is 2. The molecule has 0 spiro atoms. The van der Waals surface area contributed by atoms with Gasteiger partial charge in [0.1, 0.15) is 35.6 Å². The number of halogens is 2. The van der Waals surface area contributed by atoms with Crippen LogP contribution in [0.2, 0.25) is 0 Å². The van der Waals surface area contributed by atoms with Crippen LogP contribution in [0.4, 0.5) is 55.3 Å². The van der Waals surface area contributed by atoms with Crippen LogP contribution in [0.3, 0.4) is 0 Å². The van der Waals surface area contributed by atoms with Crippen LogP contribution in [0, 0.1) is 0 Å². The first kappa shape index (κ1) is 55.5. The molecule has 0 bridgehead atoms. The molecule has 2 fully saturated rings. The number of nitrogens with one attached hydrogen (secondary N) is 7. The van der Waals surface area contributed by atoms with Crippen molar-refractivity contribution < 1.29 is 28.7 Å². The summed E-state index contributed by atoms with van der Waals surface area (Å²) in [6.45, 7) is 12.5. The van der Waals surface area contributed by atoms with E-state index in [2.05, 4.69) is 91.6 Å². The molecule has 2 aliphatic rings. The van der Waals surface area contributed by atoms with E-state index in [1.54, 1.807) is 61.2 Å². The normalized spacial score (nSPS) is 12.7. The van der Waals surface area contributed by atoms with Gasteiger partial charge < -0.3 is 61.6 Å². The van der Waals surface area contributed by atoms with Crippen molar-refractivity contribution in [3.05, 3.63) is 147 Å². The minimum absolute atomic E-state index is 0. The Kier molecular flexibility index (Phi) is 19.8. The number of rotatable bonds is 11. The Bertz CT molecular complexity index is 3210. The zero-order valence-corrected chi connectivity index (χ0v) is 41.3. The standard InChI is InChI=1S/C26H25N7O3.C23H23N7O2.C3H3ClO.CH4.ClH/c1-2-23(34)29-18-7-9-20(10-8-18)31-26(35)30-19-5-3-17(4-6-19)22-15-21-24(32-22)27-16-28-25(21)33-11-13-36-14-12-33;24-16-3-7-18(8-4-16)28-23(31)27-17-5-1-15(2-6-17)20-13-19-21(29-20)25-14-26-22(19)30-9-11-32-12-10-30;1-2-3(4)5;;/h2-10,15-16H,1,11-14H2,(H,29,34)(H,27,28,32)(H2,30,31,35);1-8,13-14H,9-12,24H2,(H,25,26,29)(H2,27,28,31);2H,1H2;1H4;1H. The summed E-state index contributed by atoms with van der Waals surface area (Å²) in [5.41, 5.74) is 14.9. The fourth-order valence-corrected chi connectivity index (χ4v) is 7.67. The van der Waals surface area contributed by atoms with Gasteiger partial charge in [-0.3, -0.25) is 9.59 Å². The second-order valence-corrected chi connectivity index (χ2v) is 16.6. The number of urea groups is 2. The molecule has 0 unspecified atom stereocenters. The van der Waals surface area contributed by atoms with E-state index >= 15 is 0 Å². The first-order valence-electron chi connectivity index (χ1n) is 22.9. The maximum absolute atomic E-state index is 12.4. The fraction of sp³-hybridized carbons (Fsp3) is 0.170. The SMILES string of the molecule is C.C=CC(=O)Cl.C=CC(=O)Nc1ccc(NC(=O)Nc2ccc(-c3cc4c(N5CCOCC5)ncnc4[nH]3)cc2)cc1.Cl.Nc1ccc(NC(=O)Nc2ccc(-c3cc4c(N5CCOCC5)ncnc4[nH]3)cc2)cc1. The Labute approximate surface area is 443 Å². The molecule has 0 radical (unpaired) electrons. The largest absolute Gasteiger partial charge is 0.399 e. The van der Waals surface area contributed by atoms with Crippen molar-refractivity contribution in [3.63, 3.8) is 0 Å². The number of morpholine rings is 2. The molecule has 20 nitrogen and oxygen atoms in total. The summed E-state index contributed by atoms with van der Waals surface area (Å²) in [4.78, 5) is 74.4. The number of nitrogen functional groups attached to an aromatic ring is 1. The Morgan fingerprint density at radius 2 is 0.880 bits per heavy atom. The number of fused-ring (bicyclic) bond motifs is 2. The second-order valence-electron chi connectivity index (χ2n) is 16.2. The lowest BCUT2D eigenvalue weighted by atomic mass is 10.1. The number of amides is 5. The Morgan fingerprint density at radius 3 is 1.23 bits per heavy atom. The van der Waals surface area contributed by atoms with Crippen molar-refractivity contribution in [3.8, 4) is 22.5 Å². The van der Waals surface area contributed by atoms with E-state index < -0.39 is 5.24 Å². The maximum atomic E-state index is 12.4. The number of carbonyl (C=O) groups is 4. The monoisotopic (exact) mass is 1050 g/mol. The quantitative estimate of drug-likeness (QED) is 0.0341. The van der Waals surface area contributed by atoms with Gasteiger partial charge in [-0.05, 0) is 120 Å². The highest BCUT2D eigenvalue weighted by Crippen LogP contribution is 2.31. The molecule has 4 aromatic carbocycles. The molecule has 5 amide bonds. The van der Waals surface area contributed by atoms with Crippen LogP contribution in [0.1, 0.15) is 7.43 Å². The summed E-state index contributed by atoms with van der Waals surface area (Å²) in [6.07, 6.45) is 5.39. The fourth-order valence-electron chi connectivity index (χ4n) is 7.67. The van der Waals surface area contributed by atoms with Crippen molar-refractivity contribution in [2.45, 2.75) is 7.43 Å². The van der Waals surface area contributed by atoms with E-state index in [4.69, 9.17) is 26.8 Å². The van der Waals surface area contributed by atoms with Crippen molar-refractivity contribution in [2.75, 3.05) is 94.7 Å². The van der Waals surface area contributed by atoms with E-state index in [0.717, 1.165) is 88.5 Å². The lowest BCUT2D eigenvalue weighted by Gasteiger charge is -2.27. The number of aromatic nitrogens is 6. The van der Waals surface area contributed by atoms with E-state index in [1.165, 1.54) is 6.08 Å². The molecular formula is C53H56Cl2N14O6. The number of anilines is 8. The van der Waals surface area contributed by atoms with E-state index in [9.17, 15) is 19.2 Å². The Hall–Kier alpha value is -8.82. The van der Waals surface area contributed by atoms with Crippen molar-refractivity contribution >= 4 is 115 Å². The van der Waals surface area contributed by atoms with Gasteiger partial charge >= 0.3 is 12.1 Å². The van der Waals surface area contributed by atoms with Crippen molar-refractivity contribution in [1.29, 1.82) is 0 Å². The third-order valence-corrected chi connectivity index (χ3v) is 11.4. The van der Waals surface area contributed by atoms with E-state index in [1.807, 2.05) is 48.5 Å². The average Bonchev–Trinajstić information content (AvgIpc) is 4.07. The van der Waals surface area contributed by atoms with Gasteiger partial charge in [0, 0.05) is 71.7 Å². The minimum Gasteiger partial charge on any atom is -0.399 e. The highest BCUT2D eigenvalue weighted by Gasteiger charge is 2.19. The third-order valence-electron chi connectivity index (χ3n) is 11.3. The van der Waals surface area contributed by atoms with Crippen LogP contribution in [0.5, 0.6) is 0 Å². The molecule has 0 atom stereocenters. The molecule has 75 heavy (non-hydrogen) atoms. The van der Waals surface area contributed by atoms with Gasteiger partial charge in [-0.15, -0.1) is 12.4 Å². The Morgan fingerprint density at radius 1 is 0.547 bits per heavy atom. The molecule has 388 valence electrons. The molecule has 10 rings (SSSR count). The number of carbonyl (C=O) groups excluding carboxylic acids is 4. The predicted octanol–water partition coefficient (Wildman–Crippen LogP) is 9.91. The molecule has 4 aromatic heterocycles. The average molecular weight is 1060 g/mol. The lowest BCUT2D eigenvalue weighted by Crippen LogP contribution is -2.36. The summed E-state index contributed by atoms with van der Waals surface area (Å²) < 4.78 is 10.9. The topological polar surface area (TPSA) is 263 Å². The summed E-state index contributed by atoms with van der Waals surface area (Å²) >= 11 is 4.71. The molecule has 0 saturated carbocycles. The van der Waals surface area contributed by atoms with Crippen molar-refractivity contribution in [1.82, 2.24) is 29.9 Å². The number of hydrogen-bond donors (Lipinski definition) is 8. The van der Waals surface area contributed by atoms with Gasteiger partial charge in [0.15, 0.2) is 0 Å². The number of nitrogens with two attached hydrogens (primary N) is 1. The summed E-state index contributed by atoms with van der Waals surface area (Å²) in [7, 11) is 0. The van der Waals surface area contributed by atoms with Gasteiger partial charge in [-0.1, -0.05) is 44.8 Å². The zero-order valence-electron chi connectivity index (χ0n) is 39.8. The van der Waals surface area contributed by atoms with Crippen LogP contribution < -0.4 is 42.1 Å². The van der Waals surface area contributed by atoms with Gasteiger partial charge in [-0.2, -0.15) is 0 Å². The van der Waals surface area contributed by atoms with Gasteiger partial charge in [0.2, 0.25) is 11.1 Å². The van der Waals surface area contributed by atoms with Gasteiger partial charge in [-0.25, -0.2) is 29.5 Å². The molecule has 9 N–H and O–H groups in total. The highest BCUT2D eigenvalue weighted by atomic mass is 35.5. The number of allylic oxidation sites excluding steroid dienone is 1. The minimum atomic E-state index is -0.509. The van der Waals surface area contributed by atoms with Crippen LogP contribution in [0.15, 0.2) is 147 Å². The summed E-state index contributed by atoms with van der Waals surface area (Å²) in [5, 5.41) is 15.3. The molecular weight excluding hydrogens is 1000 g/mol. The molecule has 8 aromatic rings. The number of ether oxygens (including phenoxy) is 2. The first-order valence-corrected chi connectivity index (χ1v) is 23.3.